The second-order valence-corrected chi connectivity index (χ2v) is 7.47. The Morgan fingerprint density at radius 1 is 1.00 bits per heavy atom. The second-order valence-electron chi connectivity index (χ2n) is 7.47. The summed E-state index contributed by atoms with van der Waals surface area (Å²) in [4.78, 5) is 24.0. The minimum atomic E-state index is -0.527. The molecule has 0 aliphatic heterocycles. The molecule has 0 fully saturated rings. The van der Waals surface area contributed by atoms with Crippen molar-refractivity contribution >= 4 is 11.9 Å². The van der Waals surface area contributed by atoms with Crippen LogP contribution in [0.1, 0.15) is 67.7 Å². The molecule has 0 heterocycles. The van der Waals surface area contributed by atoms with Crippen molar-refractivity contribution in [2.24, 2.45) is 17.8 Å². The summed E-state index contributed by atoms with van der Waals surface area (Å²) in [5.74, 6) is -0.210. The molecule has 1 atom stereocenters. The molecule has 0 aromatic heterocycles. The van der Waals surface area contributed by atoms with Crippen LogP contribution in [0.4, 0.5) is 0 Å². The van der Waals surface area contributed by atoms with Gasteiger partial charge in [0.15, 0.2) is 0 Å². The number of carbonyl (C=O) groups excluding carboxylic acids is 2. The van der Waals surface area contributed by atoms with Crippen LogP contribution in [0.3, 0.4) is 0 Å². The Hall–Kier alpha value is -1.06. The van der Waals surface area contributed by atoms with Crippen molar-refractivity contribution in [3.05, 3.63) is 0 Å². The predicted molar refractivity (Wildman–Crippen MR) is 83.8 cm³/mol. The van der Waals surface area contributed by atoms with Gasteiger partial charge in [-0.3, -0.25) is 9.59 Å². The number of esters is 2. The molecule has 124 valence electrons. The molecule has 0 aromatic carbocycles. The Morgan fingerprint density at radius 2 is 1.57 bits per heavy atom. The average Bonchev–Trinajstić information content (AvgIpc) is 2.23. The van der Waals surface area contributed by atoms with Gasteiger partial charge in [-0.1, -0.05) is 27.7 Å². The maximum Gasteiger partial charge on any atom is 0.309 e. The standard InChI is InChI=1S/C17H32O4/c1-12(2)8-9-20-16(19)14(10-13(3)4)11-15(18)21-17(5,6)7/h12-14H,8-11H2,1-7H3/t14-/m1/s1. The van der Waals surface area contributed by atoms with E-state index in [0.29, 0.717) is 24.9 Å². The fourth-order valence-electron chi connectivity index (χ4n) is 1.93. The summed E-state index contributed by atoms with van der Waals surface area (Å²) in [6, 6.07) is 0. The monoisotopic (exact) mass is 300 g/mol. The third-order valence-corrected chi connectivity index (χ3v) is 2.86. The van der Waals surface area contributed by atoms with E-state index < -0.39 is 11.5 Å². The van der Waals surface area contributed by atoms with Gasteiger partial charge >= 0.3 is 11.9 Å². The van der Waals surface area contributed by atoms with E-state index in [1.165, 1.54) is 0 Å². The largest absolute Gasteiger partial charge is 0.465 e. The molecule has 0 N–H and O–H groups in total. The van der Waals surface area contributed by atoms with Crippen LogP contribution >= 0.6 is 0 Å². The first-order valence-corrected chi connectivity index (χ1v) is 7.89. The molecule has 0 radical (unpaired) electrons. The molecule has 0 unspecified atom stereocenters. The van der Waals surface area contributed by atoms with Crippen LogP contribution in [-0.4, -0.2) is 24.1 Å². The lowest BCUT2D eigenvalue weighted by molar-refractivity contribution is -0.162. The van der Waals surface area contributed by atoms with Gasteiger partial charge < -0.3 is 9.47 Å². The fourth-order valence-corrected chi connectivity index (χ4v) is 1.93. The molecular weight excluding hydrogens is 268 g/mol. The van der Waals surface area contributed by atoms with Crippen molar-refractivity contribution in [1.82, 2.24) is 0 Å². The summed E-state index contributed by atoms with van der Waals surface area (Å²) < 4.78 is 10.6. The molecular formula is C17H32O4. The third-order valence-electron chi connectivity index (χ3n) is 2.86. The van der Waals surface area contributed by atoms with Gasteiger partial charge in [0.25, 0.3) is 0 Å². The van der Waals surface area contributed by atoms with Crippen molar-refractivity contribution in [3.63, 3.8) is 0 Å². The third kappa shape index (κ3) is 11.3. The zero-order valence-corrected chi connectivity index (χ0v) is 14.7. The minimum Gasteiger partial charge on any atom is -0.465 e. The molecule has 4 nitrogen and oxygen atoms in total. The van der Waals surface area contributed by atoms with Crippen molar-refractivity contribution < 1.29 is 19.1 Å². The first-order chi connectivity index (χ1) is 9.51. The molecule has 0 aliphatic rings. The quantitative estimate of drug-likeness (QED) is 0.636. The van der Waals surface area contributed by atoms with Gasteiger partial charge in [0, 0.05) is 0 Å². The highest BCUT2D eigenvalue weighted by molar-refractivity contribution is 5.80. The number of hydrogen-bond acceptors (Lipinski definition) is 4. The SMILES string of the molecule is CC(C)CCOC(=O)[C@@H](CC(=O)OC(C)(C)C)CC(C)C. The van der Waals surface area contributed by atoms with Crippen LogP contribution in [-0.2, 0) is 19.1 Å². The van der Waals surface area contributed by atoms with Gasteiger partial charge in [0.05, 0.1) is 18.9 Å². The summed E-state index contributed by atoms with van der Waals surface area (Å²) in [6.45, 7) is 14.1. The Balaban J connectivity index is 4.50. The van der Waals surface area contributed by atoms with E-state index in [0.717, 1.165) is 6.42 Å². The van der Waals surface area contributed by atoms with Crippen LogP contribution in [0.2, 0.25) is 0 Å². The van der Waals surface area contributed by atoms with E-state index in [9.17, 15) is 9.59 Å². The van der Waals surface area contributed by atoms with E-state index in [4.69, 9.17) is 9.47 Å². The summed E-state index contributed by atoms with van der Waals surface area (Å²) >= 11 is 0. The summed E-state index contributed by atoms with van der Waals surface area (Å²) in [5.41, 5.74) is -0.527. The molecule has 21 heavy (non-hydrogen) atoms. The maximum atomic E-state index is 12.1. The highest BCUT2D eigenvalue weighted by atomic mass is 16.6. The average molecular weight is 300 g/mol. The lowest BCUT2D eigenvalue weighted by Gasteiger charge is -2.22. The summed E-state index contributed by atoms with van der Waals surface area (Å²) in [5, 5.41) is 0. The van der Waals surface area contributed by atoms with Crippen molar-refractivity contribution in [1.29, 1.82) is 0 Å². The fraction of sp³-hybridized carbons (Fsp3) is 0.882. The molecule has 0 aliphatic carbocycles. The zero-order valence-electron chi connectivity index (χ0n) is 14.7. The summed E-state index contributed by atoms with van der Waals surface area (Å²) in [7, 11) is 0. The van der Waals surface area contributed by atoms with Crippen molar-refractivity contribution in [2.75, 3.05) is 6.61 Å². The molecule has 0 rings (SSSR count). The van der Waals surface area contributed by atoms with Gasteiger partial charge in [-0.05, 0) is 45.4 Å². The van der Waals surface area contributed by atoms with E-state index in [-0.39, 0.29) is 18.4 Å². The van der Waals surface area contributed by atoms with Gasteiger partial charge in [0.2, 0.25) is 0 Å². The molecule has 0 saturated heterocycles. The second kappa shape index (κ2) is 9.06. The molecule has 0 spiro atoms. The first kappa shape index (κ1) is 19.9. The predicted octanol–water partition coefficient (Wildman–Crippen LogP) is 3.97. The highest BCUT2D eigenvalue weighted by Crippen LogP contribution is 2.20. The lowest BCUT2D eigenvalue weighted by Crippen LogP contribution is -2.29. The topological polar surface area (TPSA) is 52.6 Å². The van der Waals surface area contributed by atoms with Crippen LogP contribution in [0, 0.1) is 17.8 Å². The maximum absolute atomic E-state index is 12.1. The van der Waals surface area contributed by atoms with Gasteiger partial charge in [-0.15, -0.1) is 0 Å². The number of rotatable bonds is 8. The van der Waals surface area contributed by atoms with Crippen molar-refractivity contribution in [2.45, 2.75) is 73.3 Å². The number of carbonyl (C=O) groups is 2. The molecule has 4 heteroatoms. The molecule has 0 bridgehead atoms. The molecule has 0 saturated carbocycles. The molecule has 0 amide bonds. The van der Waals surface area contributed by atoms with Gasteiger partial charge in [-0.25, -0.2) is 0 Å². The van der Waals surface area contributed by atoms with E-state index >= 15 is 0 Å². The molecule has 0 aromatic rings. The Bertz CT molecular complexity index is 326. The first-order valence-electron chi connectivity index (χ1n) is 7.89. The van der Waals surface area contributed by atoms with Crippen LogP contribution in [0.25, 0.3) is 0 Å². The van der Waals surface area contributed by atoms with Gasteiger partial charge in [-0.2, -0.15) is 0 Å². The summed E-state index contributed by atoms with van der Waals surface area (Å²) in [6.07, 6.45) is 1.57. The Labute approximate surface area is 129 Å². The van der Waals surface area contributed by atoms with E-state index in [2.05, 4.69) is 13.8 Å². The normalized spacial score (nSPS) is 13.4. The Kier molecular flexibility index (Phi) is 8.60. The van der Waals surface area contributed by atoms with Crippen LogP contribution in [0.5, 0.6) is 0 Å². The number of hydrogen-bond donors (Lipinski definition) is 0. The smallest absolute Gasteiger partial charge is 0.309 e. The lowest BCUT2D eigenvalue weighted by atomic mass is 9.94. The van der Waals surface area contributed by atoms with Crippen LogP contribution < -0.4 is 0 Å². The van der Waals surface area contributed by atoms with E-state index in [1.807, 2.05) is 34.6 Å². The minimum absolute atomic E-state index is 0.0932. The van der Waals surface area contributed by atoms with Gasteiger partial charge in [0.1, 0.15) is 5.60 Å². The van der Waals surface area contributed by atoms with Crippen molar-refractivity contribution in [3.8, 4) is 0 Å². The number of ether oxygens (including phenoxy) is 2. The van der Waals surface area contributed by atoms with Crippen LogP contribution in [0.15, 0.2) is 0 Å². The Morgan fingerprint density at radius 3 is 2.00 bits per heavy atom. The zero-order chi connectivity index (χ0) is 16.6. The highest BCUT2D eigenvalue weighted by Gasteiger charge is 2.27. The van der Waals surface area contributed by atoms with E-state index in [1.54, 1.807) is 0 Å².